The molecule has 0 radical (unpaired) electrons. The minimum atomic E-state index is -0.362. The average Bonchev–Trinajstić information content (AvgIpc) is 3.40. The minimum absolute atomic E-state index is 0.00800. The molecule has 1 aromatic heterocycles. The molecule has 1 saturated heterocycles. The van der Waals surface area contributed by atoms with Crippen LogP contribution in [0.5, 0.6) is 0 Å². The molecule has 0 bridgehead atoms. The van der Waals surface area contributed by atoms with Crippen LogP contribution in [-0.2, 0) is 16.1 Å². The molecule has 2 heterocycles. The Bertz CT molecular complexity index is 835. The van der Waals surface area contributed by atoms with E-state index in [9.17, 15) is 4.79 Å². The predicted molar refractivity (Wildman–Crippen MR) is 101 cm³/mol. The van der Waals surface area contributed by atoms with Crippen molar-refractivity contribution < 1.29 is 13.9 Å². The van der Waals surface area contributed by atoms with Gasteiger partial charge in [0, 0.05) is 12.3 Å². The molecule has 0 N–H and O–H groups in total. The van der Waals surface area contributed by atoms with E-state index >= 15 is 0 Å². The minimum Gasteiger partial charge on any atom is -0.467 e. The molecule has 4 nitrogen and oxygen atoms in total. The third-order valence-electron chi connectivity index (χ3n) is 4.65. The summed E-state index contributed by atoms with van der Waals surface area (Å²) < 4.78 is 11.1. The molecule has 2 aromatic carbocycles. The summed E-state index contributed by atoms with van der Waals surface area (Å²) in [4.78, 5) is 14.7. The quantitative estimate of drug-likeness (QED) is 0.674. The zero-order chi connectivity index (χ0) is 17.8. The Labute approximate surface area is 153 Å². The highest BCUT2D eigenvalue weighted by Gasteiger charge is 2.29. The first-order valence-corrected chi connectivity index (χ1v) is 8.92. The molecular weight excluding hydrogens is 326 g/mol. The second-order valence-electron chi connectivity index (χ2n) is 6.42. The molecule has 0 spiro atoms. The third-order valence-corrected chi connectivity index (χ3v) is 4.65. The fraction of sp³-hybridized carbons (Fsp3) is 0.227. The molecule has 4 rings (SSSR count). The summed E-state index contributed by atoms with van der Waals surface area (Å²) in [7, 11) is 0. The maximum absolute atomic E-state index is 13.0. The van der Waals surface area contributed by atoms with Crippen molar-refractivity contribution in [1.82, 2.24) is 0 Å². The smallest absolute Gasteiger partial charge is 0.256 e. The van der Waals surface area contributed by atoms with E-state index in [-0.39, 0.29) is 12.0 Å². The molecule has 4 heteroatoms. The normalized spacial score (nSPS) is 16.5. The van der Waals surface area contributed by atoms with Gasteiger partial charge < -0.3 is 14.1 Å². The monoisotopic (exact) mass is 347 g/mol. The Morgan fingerprint density at radius 2 is 1.73 bits per heavy atom. The van der Waals surface area contributed by atoms with E-state index in [1.54, 1.807) is 11.2 Å². The highest BCUT2D eigenvalue weighted by atomic mass is 16.5. The van der Waals surface area contributed by atoms with Gasteiger partial charge in [0.2, 0.25) is 0 Å². The molecule has 0 unspecified atom stereocenters. The molecule has 26 heavy (non-hydrogen) atoms. The Balaban J connectivity index is 1.61. The number of ether oxygens (including phenoxy) is 1. The molecule has 132 valence electrons. The van der Waals surface area contributed by atoms with Crippen molar-refractivity contribution in [2.24, 2.45) is 0 Å². The summed E-state index contributed by atoms with van der Waals surface area (Å²) in [5.74, 6) is 0.745. The fourth-order valence-electron chi connectivity index (χ4n) is 3.27. The number of hydrogen-bond donors (Lipinski definition) is 0. The molecule has 1 fully saturated rings. The van der Waals surface area contributed by atoms with Gasteiger partial charge in [-0.05, 0) is 48.2 Å². The molecule has 1 amide bonds. The lowest BCUT2D eigenvalue weighted by Crippen LogP contribution is -2.38. The number of furan rings is 1. The Hall–Kier alpha value is -2.85. The van der Waals surface area contributed by atoms with E-state index in [1.165, 1.54) is 0 Å². The topological polar surface area (TPSA) is 42.7 Å². The Kier molecular flexibility index (Phi) is 4.84. The zero-order valence-corrected chi connectivity index (χ0v) is 14.5. The van der Waals surface area contributed by atoms with Crippen LogP contribution >= 0.6 is 0 Å². The van der Waals surface area contributed by atoms with Crippen molar-refractivity contribution in [2.75, 3.05) is 11.5 Å². The molecular formula is C22H21NO3. The molecule has 3 aromatic rings. The fourth-order valence-corrected chi connectivity index (χ4v) is 3.27. The Morgan fingerprint density at radius 1 is 0.962 bits per heavy atom. The van der Waals surface area contributed by atoms with Crippen molar-refractivity contribution in [3.8, 4) is 11.1 Å². The molecule has 0 saturated carbocycles. The summed E-state index contributed by atoms with van der Waals surface area (Å²) in [6.45, 7) is 1.05. The second kappa shape index (κ2) is 7.58. The lowest BCUT2D eigenvalue weighted by Gasteiger charge is -2.25. The van der Waals surface area contributed by atoms with Gasteiger partial charge in [0.15, 0.2) is 0 Å². The summed E-state index contributed by atoms with van der Waals surface area (Å²) in [6.07, 6.45) is 2.97. The van der Waals surface area contributed by atoms with E-state index in [4.69, 9.17) is 9.15 Å². The maximum Gasteiger partial charge on any atom is 0.256 e. The number of hydrogen-bond acceptors (Lipinski definition) is 3. The molecule has 1 aliphatic heterocycles. The number of nitrogens with zero attached hydrogens (tertiary/aromatic N) is 1. The van der Waals surface area contributed by atoms with Crippen molar-refractivity contribution in [1.29, 1.82) is 0 Å². The number of anilines is 1. The van der Waals surface area contributed by atoms with Crippen LogP contribution in [0.3, 0.4) is 0 Å². The largest absolute Gasteiger partial charge is 0.467 e. The molecule has 1 aliphatic rings. The number of benzene rings is 2. The van der Waals surface area contributed by atoms with E-state index < -0.39 is 0 Å². The van der Waals surface area contributed by atoms with Crippen molar-refractivity contribution >= 4 is 11.6 Å². The van der Waals surface area contributed by atoms with Crippen LogP contribution in [0.4, 0.5) is 5.69 Å². The number of rotatable bonds is 5. The van der Waals surface area contributed by atoms with Crippen LogP contribution in [0, 0.1) is 0 Å². The van der Waals surface area contributed by atoms with Crippen molar-refractivity contribution in [2.45, 2.75) is 25.5 Å². The van der Waals surface area contributed by atoms with E-state index in [1.807, 2.05) is 54.6 Å². The van der Waals surface area contributed by atoms with Crippen LogP contribution in [0.1, 0.15) is 18.6 Å². The lowest BCUT2D eigenvalue weighted by atomic mass is 10.1. The van der Waals surface area contributed by atoms with Crippen LogP contribution < -0.4 is 4.90 Å². The number of carbonyl (C=O) groups excluding carboxylic acids is 1. The number of amides is 1. The first-order valence-electron chi connectivity index (χ1n) is 8.92. The SMILES string of the molecule is O=C([C@H]1CCCO1)N(Cc1ccco1)c1ccc(-c2ccccc2)cc1. The Morgan fingerprint density at radius 3 is 2.38 bits per heavy atom. The van der Waals surface area contributed by atoms with Gasteiger partial charge in [0.05, 0.1) is 12.8 Å². The van der Waals surface area contributed by atoms with Crippen LogP contribution in [-0.4, -0.2) is 18.6 Å². The zero-order valence-electron chi connectivity index (χ0n) is 14.5. The van der Waals surface area contributed by atoms with Gasteiger partial charge in [-0.2, -0.15) is 0 Å². The summed E-state index contributed by atoms with van der Waals surface area (Å²) in [6, 6.07) is 22.0. The summed E-state index contributed by atoms with van der Waals surface area (Å²) >= 11 is 0. The first kappa shape index (κ1) is 16.6. The van der Waals surface area contributed by atoms with Gasteiger partial charge in [-0.3, -0.25) is 4.79 Å². The highest BCUT2D eigenvalue weighted by molar-refractivity contribution is 5.96. The van der Waals surface area contributed by atoms with Gasteiger partial charge in [0.1, 0.15) is 11.9 Å². The summed E-state index contributed by atoms with van der Waals surface area (Å²) in [5, 5.41) is 0. The highest BCUT2D eigenvalue weighted by Crippen LogP contribution is 2.26. The predicted octanol–water partition coefficient (Wildman–Crippen LogP) is 4.66. The van der Waals surface area contributed by atoms with E-state index in [0.29, 0.717) is 13.2 Å². The average molecular weight is 347 g/mol. The van der Waals surface area contributed by atoms with Crippen molar-refractivity contribution in [3.05, 3.63) is 78.8 Å². The lowest BCUT2D eigenvalue weighted by molar-refractivity contribution is -0.127. The van der Waals surface area contributed by atoms with Gasteiger partial charge >= 0.3 is 0 Å². The van der Waals surface area contributed by atoms with Crippen LogP contribution in [0.25, 0.3) is 11.1 Å². The van der Waals surface area contributed by atoms with Crippen LogP contribution in [0.2, 0.25) is 0 Å². The molecule has 1 atom stereocenters. The van der Waals surface area contributed by atoms with Gasteiger partial charge in [0.25, 0.3) is 5.91 Å². The van der Waals surface area contributed by atoms with Crippen molar-refractivity contribution in [3.63, 3.8) is 0 Å². The first-order chi connectivity index (χ1) is 12.8. The van der Waals surface area contributed by atoms with Crippen LogP contribution in [0.15, 0.2) is 77.4 Å². The third kappa shape index (κ3) is 3.55. The molecule has 0 aliphatic carbocycles. The second-order valence-corrected chi connectivity index (χ2v) is 6.42. The maximum atomic E-state index is 13.0. The van der Waals surface area contributed by atoms with E-state index in [2.05, 4.69) is 12.1 Å². The van der Waals surface area contributed by atoms with Gasteiger partial charge in [-0.25, -0.2) is 0 Å². The summed E-state index contributed by atoms with van der Waals surface area (Å²) in [5.41, 5.74) is 3.13. The number of carbonyl (C=O) groups is 1. The van der Waals surface area contributed by atoms with E-state index in [0.717, 1.165) is 35.4 Å². The van der Waals surface area contributed by atoms with Gasteiger partial charge in [-0.15, -0.1) is 0 Å². The van der Waals surface area contributed by atoms with Gasteiger partial charge in [-0.1, -0.05) is 42.5 Å². The standard InChI is InChI=1S/C22H21NO3/c24-22(21-9-5-15-26-21)23(16-20-8-4-14-25-20)19-12-10-18(11-13-19)17-6-2-1-3-7-17/h1-4,6-8,10-14,21H,5,9,15-16H2/t21-/m1/s1.